The zero-order chi connectivity index (χ0) is 23.8. The second kappa shape index (κ2) is 12.2. The third-order valence-electron chi connectivity index (χ3n) is 5.13. The Morgan fingerprint density at radius 2 is 1.61 bits per heavy atom. The van der Waals surface area contributed by atoms with Gasteiger partial charge in [0.05, 0.1) is 19.8 Å². The Balaban J connectivity index is 1.74. The van der Waals surface area contributed by atoms with E-state index in [9.17, 15) is 4.79 Å². The number of halogens is 3. The van der Waals surface area contributed by atoms with Crippen LogP contribution in [0.4, 0.5) is 0 Å². The number of hydrogen-bond donors (Lipinski definition) is 1. The smallest absolute Gasteiger partial charge is 0.274 e. The zero-order valence-corrected chi connectivity index (χ0v) is 20.4. The fraction of sp³-hybridized carbons (Fsp3) is 0.375. The van der Waals surface area contributed by atoms with Gasteiger partial charge in [-0.15, -0.1) is 0 Å². The van der Waals surface area contributed by atoms with Gasteiger partial charge in [0.15, 0.2) is 6.23 Å². The number of carbonyl (C=O) groups excluding carboxylic acids is 1. The zero-order valence-electron chi connectivity index (χ0n) is 18.1. The van der Waals surface area contributed by atoms with Crippen molar-refractivity contribution in [2.75, 3.05) is 13.7 Å². The molecule has 1 aliphatic rings. The number of hydrogen-bond acceptors (Lipinski definition) is 5. The van der Waals surface area contributed by atoms with Gasteiger partial charge in [-0.25, -0.2) is 0 Å². The van der Waals surface area contributed by atoms with Gasteiger partial charge in [-0.1, -0.05) is 102 Å². The first-order chi connectivity index (χ1) is 15.8. The molecule has 1 aliphatic heterocycles. The lowest BCUT2D eigenvalue weighted by Gasteiger charge is -2.42. The molecule has 1 saturated heterocycles. The van der Waals surface area contributed by atoms with E-state index in [1.807, 2.05) is 60.7 Å². The van der Waals surface area contributed by atoms with Gasteiger partial charge in [-0.05, 0) is 11.1 Å². The van der Waals surface area contributed by atoms with E-state index >= 15 is 0 Å². The monoisotopic (exact) mass is 513 g/mol. The van der Waals surface area contributed by atoms with Gasteiger partial charge in [0.25, 0.3) is 9.70 Å². The Morgan fingerprint density at radius 3 is 2.15 bits per heavy atom. The Bertz CT molecular complexity index is 907. The van der Waals surface area contributed by atoms with E-state index in [0.717, 1.165) is 11.1 Å². The predicted molar refractivity (Wildman–Crippen MR) is 128 cm³/mol. The predicted octanol–water partition coefficient (Wildman–Crippen LogP) is 4.57. The van der Waals surface area contributed by atoms with Gasteiger partial charge in [0.2, 0.25) is 0 Å². The van der Waals surface area contributed by atoms with Crippen LogP contribution in [0.15, 0.2) is 72.8 Å². The van der Waals surface area contributed by atoms with Crippen LogP contribution in [0.3, 0.4) is 0 Å². The lowest BCUT2D eigenvalue weighted by molar-refractivity contribution is -0.193. The number of rotatable bonds is 9. The van der Waals surface area contributed by atoms with Crippen LogP contribution in [-0.4, -0.2) is 48.0 Å². The van der Waals surface area contributed by atoms with Gasteiger partial charge in [0, 0.05) is 12.7 Å². The lowest BCUT2D eigenvalue weighted by atomic mass is 9.96. The summed E-state index contributed by atoms with van der Waals surface area (Å²) in [4.78, 5) is 12.2. The summed E-state index contributed by atoms with van der Waals surface area (Å²) in [5.41, 5.74) is 2.45. The second-order valence-electron chi connectivity index (χ2n) is 7.52. The molecule has 0 radical (unpaired) electrons. The van der Waals surface area contributed by atoms with E-state index in [1.54, 1.807) is 0 Å². The number of carbonyl (C=O) groups is 1. The van der Waals surface area contributed by atoms with E-state index in [2.05, 4.69) is 11.9 Å². The third-order valence-corrected chi connectivity index (χ3v) is 5.65. The minimum Gasteiger partial charge on any atom is -0.374 e. The minimum atomic E-state index is -2.15. The van der Waals surface area contributed by atoms with Gasteiger partial charge in [-0.2, -0.15) is 0 Å². The normalized spacial score (nSPS) is 23.3. The van der Waals surface area contributed by atoms with Crippen LogP contribution in [0.2, 0.25) is 0 Å². The van der Waals surface area contributed by atoms with Crippen molar-refractivity contribution in [2.24, 2.45) is 0 Å². The number of alkyl halides is 3. The van der Waals surface area contributed by atoms with E-state index < -0.39 is 34.2 Å². The fourth-order valence-corrected chi connectivity index (χ4v) is 3.63. The van der Waals surface area contributed by atoms with E-state index in [1.165, 1.54) is 7.11 Å². The van der Waals surface area contributed by atoms with Gasteiger partial charge in [-0.3, -0.25) is 4.79 Å². The first kappa shape index (κ1) is 26.0. The molecule has 178 valence electrons. The van der Waals surface area contributed by atoms with E-state index in [0.29, 0.717) is 18.8 Å². The molecule has 1 fully saturated rings. The van der Waals surface area contributed by atoms with Crippen LogP contribution in [0.1, 0.15) is 11.1 Å². The molecule has 0 unspecified atom stereocenters. The number of benzene rings is 2. The molecule has 6 nitrogen and oxygen atoms in total. The molecule has 0 saturated carbocycles. The molecule has 33 heavy (non-hydrogen) atoms. The molecule has 0 spiro atoms. The molecule has 0 bridgehead atoms. The minimum absolute atomic E-state index is 0.182. The summed E-state index contributed by atoms with van der Waals surface area (Å²) in [7, 11) is 1.54. The van der Waals surface area contributed by atoms with Crippen molar-refractivity contribution >= 4 is 40.7 Å². The second-order valence-corrected chi connectivity index (χ2v) is 9.80. The maximum atomic E-state index is 12.2. The van der Waals surface area contributed by atoms with Crippen LogP contribution >= 0.6 is 34.8 Å². The highest BCUT2D eigenvalue weighted by atomic mass is 35.6. The van der Waals surface area contributed by atoms with Crippen molar-refractivity contribution in [3.05, 3.63) is 83.9 Å². The Labute approximate surface area is 208 Å². The summed E-state index contributed by atoms with van der Waals surface area (Å²) in [6.45, 7) is 4.94. The highest BCUT2D eigenvalue weighted by Crippen LogP contribution is 2.31. The number of amides is 1. The van der Waals surface area contributed by atoms with Gasteiger partial charge in [0.1, 0.15) is 18.3 Å². The van der Waals surface area contributed by atoms with Crippen molar-refractivity contribution in [3.63, 3.8) is 0 Å². The molecule has 1 amide bonds. The summed E-state index contributed by atoms with van der Waals surface area (Å²) in [5, 5.41) is 2.56. The maximum Gasteiger partial charge on any atom is 0.274 e. The summed E-state index contributed by atoms with van der Waals surface area (Å²) in [5.74, 6) is -0.832. The molecule has 9 heteroatoms. The molecular formula is C24H26Cl3NO5. The van der Waals surface area contributed by atoms with Crippen molar-refractivity contribution < 1.29 is 23.7 Å². The highest BCUT2D eigenvalue weighted by molar-refractivity contribution is 6.76. The molecule has 4 atom stereocenters. The van der Waals surface area contributed by atoms with Gasteiger partial charge < -0.3 is 24.3 Å². The third kappa shape index (κ3) is 7.42. The fourth-order valence-electron chi connectivity index (χ4n) is 3.47. The molecule has 3 rings (SSSR count). The topological polar surface area (TPSA) is 66.0 Å². The molecule has 1 heterocycles. The molecular weight excluding hydrogens is 489 g/mol. The molecule has 2 aromatic rings. The van der Waals surface area contributed by atoms with Crippen molar-refractivity contribution in [2.45, 2.75) is 41.5 Å². The first-order valence-corrected chi connectivity index (χ1v) is 11.4. The van der Waals surface area contributed by atoms with E-state index in [-0.39, 0.29) is 6.61 Å². The molecule has 0 aliphatic carbocycles. The SMILES string of the molecule is C=C1[C@@H](NC(=O)C(Cl)(Cl)Cl)O[C@H](COCc2ccccc2)[C@H](OCc2ccccc2)[C@H]1OC. The number of methoxy groups -OCH3 is 1. The van der Waals surface area contributed by atoms with Crippen LogP contribution in [0.5, 0.6) is 0 Å². The van der Waals surface area contributed by atoms with Crippen LogP contribution in [0.25, 0.3) is 0 Å². The number of ether oxygens (including phenoxy) is 4. The van der Waals surface area contributed by atoms with Crippen molar-refractivity contribution in [3.8, 4) is 0 Å². The van der Waals surface area contributed by atoms with E-state index in [4.69, 9.17) is 53.8 Å². The first-order valence-electron chi connectivity index (χ1n) is 10.3. The van der Waals surface area contributed by atoms with Crippen LogP contribution in [-0.2, 0) is 37.0 Å². The summed E-state index contributed by atoms with van der Waals surface area (Å²) in [6, 6.07) is 19.5. The van der Waals surface area contributed by atoms with Crippen LogP contribution < -0.4 is 5.32 Å². The standard InChI is InChI=1S/C24H26Cl3NO5/c1-16-20(30-2)21(32-14-18-11-7-4-8-12-18)19(15-31-13-17-9-5-3-6-10-17)33-22(16)28-23(29)24(25,26)27/h3-12,19-22H,1,13-15H2,2H3,(H,28,29)/t19-,20+,21+,22+/m1/s1. The van der Waals surface area contributed by atoms with Crippen molar-refractivity contribution in [1.29, 1.82) is 0 Å². The highest BCUT2D eigenvalue weighted by Gasteiger charge is 2.44. The number of nitrogens with one attached hydrogen (secondary N) is 1. The maximum absolute atomic E-state index is 12.2. The lowest BCUT2D eigenvalue weighted by Crippen LogP contribution is -2.58. The van der Waals surface area contributed by atoms with Crippen molar-refractivity contribution in [1.82, 2.24) is 5.32 Å². The summed E-state index contributed by atoms with van der Waals surface area (Å²) < 4.78 is 21.7. The van der Waals surface area contributed by atoms with Crippen LogP contribution in [0, 0.1) is 0 Å². The average Bonchev–Trinajstić information content (AvgIpc) is 2.80. The Hall–Kier alpha value is -1.64. The largest absolute Gasteiger partial charge is 0.374 e. The molecule has 1 N–H and O–H groups in total. The Kier molecular flexibility index (Phi) is 9.58. The molecule has 2 aromatic carbocycles. The van der Waals surface area contributed by atoms with Gasteiger partial charge >= 0.3 is 0 Å². The summed E-state index contributed by atoms with van der Waals surface area (Å²) in [6.07, 6.45) is -2.67. The molecule has 0 aromatic heterocycles. The average molecular weight is 515 g/mol. The summed E-state index contributed by atoms with van der Waals surface area (Å²) >= 11 is 17.1. The Morgan fingerprint density at radius 1 is 1.03 bits per heavy atom. The quantitative estimate of drug-likeness (QED) is 0.392.